The minimum absolute atomic E-state index is 0.286. The zero-order chi connectivity index (χ0) is 11.1. The van der Waals surface area contributed by atoms with Crippen LogP contribution in [0, 0.1) is 0 Å². The molecule has 1 aromatic heterocycles. The monoisotopic (exact) mass is 209 g/mol. The molecule has 1 aromatic rings. The Morgan fingerprint density at radius 2 is 2.13 bits per heavy atom. The molecular formula is C11H19N3O. The number of methoxy groups -OCH3 is 1. The first-order valence-corrected chi connectivity index (χ1v) is 5.20. The van der Waals surface area contributed by atoms with Crippen LogP contribution in [0.2, 0.25) is 0 Å². The smallest absolute Gasteiger partial charge is 0.0661 e. The number of pyridine rings is 1. The summed E-state index contributed by atoms with van der Waals surface area (Å²) in [5.74, 6) is 0. The standard InChI is InChI=1S/C11H19N3O/c1-4-13-10-5-11(7-12-6-10)14-9(2)8-15-3/h5-7,9,13-14H,4,8H2,1-3H3. The summed E-state index contributed by atoms with van der Waals surface area (Å²) in [6.07, 6.45) is 3.63. The number of nitrogens with zero attached hydrogens (tertiary/aromatic N) is 1. The van der Waals surface area contributed by atoms with Gasteiger partial charge in [-0.1, -0.05) is 0 Å². The molecule has 1 atom stereocenters. The summed E-state index contributed by atoms with van der Waals surface area (Å²) in [5, 5.41) is 6.53. The van der Waals surface area contributed by atoms with Crippen LogP contribution in [-0.2, 0) is 4.74 Å². The Bertz CT molecular complexity index is 291. The summed E-state index contributed by atoms with van der Waals surface area (Å²) >= 11 is 0. The summed E-state index contributed by atoms with van der Waals surface area (Å²) in [6.45, 7) is 5.72. The largest absolute Gasteiger partial charge is 0.384 e. The molecule has 0 aromatic carbocycles. The molecule has 15 heavy (non-hydrogen) atoms. The molecule has 0 aliphatic heterocycles. The normalized spacial score (nSPS) is 12.2. The third-order valence-corrected chi connectivity index (χ3v) is 1.95. The van der Waals surface area contributed by atoms with Gasteiger partial charge in [0.2, 0.25) is 0 Å². The van der Waals surface area contributed by atoms with E-state index in [2.05, 4.69) is 29.5 Å². The highest BCUT2D eigenvalue weighted by molar-refractivity contribution is 5.54. The zero-order valence-corrected chi connectivity index (χ0v) is 9.58. The molecule has 0 fully saturated rings. The molecule has 0 saturated heterocycles. The van der Waals surface area contributed by atoms with Gasteiger partial charge in [-0.25, -0.2) is 0 Å². The van der Waals surface area contributed by atoms with Crippen molar-refractivity contribution in [3.8, 4) is 0 Å². The van der Waals surface area contributed by atoms with E-state index in [1.165, 1.54) is 0 Å². The Labute approximate surface area is 91.1 Å². The highest BCUT2D eigenvalue weighted by atomic mass is 16.5. The van der Waals surface area contributed by atoms with Crippen molar-refractivity contribution in [3.63, 3.8) is 0 Å². The van der Waals surface area contributed by atoms with Crippen LogP contribution in [0.1, 0.15) is 13.8 Å². The lowest BCUT2D eigenvalue weighted by molar-refractivity contribution is 0.190. The Kier molecular flexibility index (Phi) is 4.90. The lowest BCUT2D eigenvalue weighted by Gasteiger charge is -2.14. The van der Waals surface area contributed by atoms with Crippen LogP contribution >= 0.6 is 0 Å². The second kappa shape index (κ2) is 6.24. The number of hydrogen-bond donors (Lipinski definition) is 2. The Morgan fingerprint density at radius 1 is 1.40 bits per heavy atom. The molecule has 84 valence electrons. The van der Waals surface area contributed by atoms with Gasteiger partial charge in [-0.2, -0.15) is 0 Å². The van der Waals surface area contributed by atoms with Crippen molar-refractivity contribution in [2.75, 3.05) is 30.9 Å². The van der Waals surface area contributed by atoms with Crippen LogP contribution in [0.25, 0.3) is 0 Å². The van der Waals surface area contributed by atoms with Crippen molar-refractivity contribution >= 4 is 11.4 Å². The van der Waals surface area contributed by atoms with E-state index in [1.54, 1.807) is 7.11 Å². The molecule has 1 unspecified atom stereocenters. The highest BCUT2D eigenvalue weighted by Crippen LogP contribution is 2.13. The maximum Gasteiger partial charge on any atom is 0.0661 e. The summed E-state index contributed by atoms with van der Waals surface area (Å²) < 4.78 is 5.06. The van der Waals surface area contributed by atoms with Crippen molar-refractivity contribution in [2.45, 2.75) is 19.9 Å². The highest BCUT2D eigenvalue weighted by Gasteiger charge is 2.01. The number of rotatable bonds is 6. The van der Waals surface area contributed by atoms with Gasteiger partial charge < -0.3 is 15.4 Å². The van der Waals surface area contributed by atoms with Crippen LogP contribution < -0.4 is 10.6 Å². The van der Waals surface area contributed by atoms with Crippen molar-refractivity contribution in [1.82, 2.24) is 4.98 Å². The lowest BCUT2D eigenvalue weighted by atomic mass is 10.3. The molecule has 0 aliphatic carbocycles. The van der Waals surface area contributed by atoms with Crippen LogP contribution in [0.4, 0.5) is 11.4 Å². The van der Waals surface area contributed by atoms with E-state index in [4.69, 9.17) is 4.74 Å². The number of nitrogens with one attached hydrogen (secondary N) is 2. The summed E-state index contributed by atoms with van der Waals surface area (Å²) in [7, 11) is 1.70. The fraction of sp³-hybridized carbons (Fsp3) is 0.545. The van der Waals surface area contributed by atoms with E-state index in [-0.39, 0.29) is 6.04 Å². The SMILES string of the molecule is CCNc1cncc(NC(C)COC)c1. The van der Waals surface area contributed by atoms with Gasteiger partial charge in [-0.15, -0.1) is 0 Å². The molecule has 0 radical (unpaired) electrons. The molecule has 4 nitrogen and oxygen atoms in total. The van der Waals surface area contributed by atoms with Crippen molar-refractivity contribution in [2.24, 2.45) is 0 Å². The topological polar surface area (TPSA) is 46.2 Å². The van der Waals surface area contributed by atoms with E-state index < -0.39 is 0 Å². The minimum atomic E-state index is 0.286. The van der Waals surface area contributed by atoms with Crippen molar-refractivity contribution < 1.29 is 4.74 Å². The van der Waals surface area contributed by atoms with E-state index >= 15 is 0 Å². The Morgan fingerprint density at radius 3 is 2.80 bits per heavy atom. The minimum Gasteiger partial charge on any atom is -0.384 e. The molecular weight excluding hydrogens is 190 g/mol. The van der Waals surface area contributed by atoms with Gasteiger partial charge in [0.25, 0.3) is 0 Å². The molecule has 0 bridgehead atoms. The number of ether oxygens (including phenoxy) is 1. The Hall–Kier alpha value is -1.29. The fourth-order valence-corrected chi connectivity index (χ4v) is 1.40. The van der Waals surface area contributed by atoms with Crippen LogP contribution in [-0.4, -0.2) is 31.3 Å². The zero-order valence-electron chi connectivity index (χ0n) is 9.58. The summed E-state index contributed by atoms with van der Waals surface area (Å²) in [6, 6.07) is 2.33. The molecule has 1 rings (SSSR count). The molecule has 0 amide bonds. The molecule has 1 heterocycles. The summed E-state index contributed by atoms with van der Waals surface area (Å²) in [4.78, 5) is 4.15. The Balaban J connectivity index is 2.56. The molecule has 2 N–H and O–H groups in total. The predicted octanol–water partition coefficient (Wildman–Crippen LogP) is 1.96. The van der Waals surface area contributed by atoms with E-state index in [9.17, 15) is 0 Å². The first-order valence-electron chi connectivity index (χ1n) is 5.20. The van der Waals surface area contributed by atoms with Crippen LogP contribution in [0.3, 0.4) is 0 Å². The molecule has 0 saturated carbocycles. The maximum absolute atomic E-state index is 5.06. The fourth-order valence-electron chi connectivity index (χ4n) is 1.40. The van der Waals surface area contributed by atoms with Gasteiger partial charge >= 0.3 is 0 Å². The lowest BCUT2D eigenvalue weighted by Crippen LogP contribution is -2.20. The average Bonchev–Trinajstić information content (AvgIpc) is 2.19. The van der Waals surface area contributed by atoms with Crippen LogP contribution in [0.15, 0.2) is 18.5 Å². The van der Waals surface area contributed by atoms with Crippen molar-refractivity contribution in [1.29, 1.82) is 0 Å². The molecule has 0 aliphatic rings. The van der Waals surface area contributed by atoms with E-state index in [0.29, 0.717) is 6.61 Å². The number of aromatic nitrogens is 1. The average molecular weight is 209 g/mol. The second-order valence-corrected chi connectivity index (χ2v) is 3.49. The van der Waals surface area contributed by atoms with Gasteiger partial charge in [0.1, 0.15) is 0 Å². The quantitative estimate of drug-likeness (QED) is 0.752. The maximum atomic E-state index is 5.06. The van der Waals surface area contributed by atoms with E-state index in [0.717, 1.165) is 17.9 Å². The molecule has 4 heteroatoms. The van der Waals surface area contributed by atoms with Gasteiger partial charge in [0.05, 0.1) is 30.4 Å². The van der Waals surface area contributed by atoms with Crippen LogP contribution in [0.5, 0.6) is 0 Å². The second-order valence-electron chi connectivity index (χ2n) is 3.49. The van der Waals surface area contributed by atoms with Gasteiger partial charge in [-0.3, -0.25) is 4.98 Å². The van der Waals surface area contributed by atoms with Crippen molar-refractivity contribution in [3.05, 3.63) is 18.5 Å². The van der Waals surface area contributed by atoms with Gasteiger partial charge in [-0.05, 0) is 19.9 Å². The van der Waals surface area contributed by atoms with E-state index in [1.807, 2.05) is 18.5 Å². The third kappa shape index (κ3) is 4.16. The van der Waals surface area contributed by atoms with Gasteiger partial charge in [0, 0.05) is 19.7 Å². The molecule has 0 spiro atoms. The first-order chi connectivity index (χ1) is 7.26. The first kappa shape index (κ1) is 11.8. The number of hydrogen-bond acceptors (Lipinski definition) is 4. The van der Waals surface area contributed by atoms with Gasteiger partial charge in [0.15, 0.2) is 0 Å². The summed E-state index contributed by atoms with van der Waals surface area (Å²) in [5.41, 5.74) is 2.05. The third-order valence-electron chi connectivity index (χ3n) is 1.95. The number of anilines is 2. The predicted molar refractivity (Wildman–Crippen MR) is 63.4 cm³/mol.